The van der Waals surface area contributed by atoms with Crippen LogP contribution in [-0.4, -0.2) is 3.74 Å². The van der Waals surface area contributed by atoms with E-state index in [4.69, 9.17) is 0 Å². The predicted molar refractivity (Wildman–Crippen MR) is 50.4 cm³/mol. The molecule has 0 atom stereocenters. The fourth-order valence-corrected chi connectivity index (χ4v) is 1.37. The van der Waals surface area contributed by atoms with E-state index in [1.54, 1.807) is 0 Å². The highest BCUT2D eigenvalue weighted by atomic mass is 79.9. The normalized spacial score (nSPS) is 10.7. The largest absolute Gasteiger partial charge is 0.0765 e. The van der Waals surface area contributed by atoms with E-state index < -0.39 is 0 Å². The molecule has 0 aliphatic carbocycles. The van der Waals surface area contributed by atoms with Crippen molar-refractivity contribution in [1.29, 1.82) is 0 Å². The van der Waals surface area contributed by atoms with Crippen LogP contribution in [0.25, 0.3) is 0 Å². The molecule has 0 aromatic carbocycles. The Morgan fingerprint density at radius 1 is 1.11 bits per heavy atom. The van der Waals surface area contributed by atoms with Crippen LogP contribution in [0, 0.1) is 0 Å². The number of unbranched alkanes of at least 4 members (excludes halogenated alkanes) is 3. The summed E-state index contributed by atoms with van der Waals surface area (Å²) in [6, 6.07) is 0. The van der Waals surface area contributed by atoms with Crippen LogP contribution in [0.2, 0.25) is 0 Å². The van der Waals surface area contributed by atoms with Gasteiger partial charge in [0.25, 0.3) is 0 Å². The fraction of sp³-hybridized carbons (Fsp3) is 1.00. The second-order valence-electron chi connectivity index (χ2n) is 2.24. The summed E-state index contributed by atoms with van der Waals surface area (Å²) in [5.74, 6) is 0. The maximum atomic E-state index is 3.44. The molecule has 0 fully saturated rings. The summed E-state index contributed by atoms with van der Waals surface area (Å²) < 4.78 is 0.529. The highest BCUT2D eigenvalue weighted by Gasteiger charge is 1.95. The summed E-state index contributed by atoms with van der Waals surface area (Å²) in [6.45, 7) is 2.24. The van der Waals surface area contributed by atoms with Crippen molar-refractivity contribution in [2.45, 2.75) is 42.8 Å². The van der Waals surface area contributed by atoms with Crippen molar-refractivity contribution in [3.63, 3.8) is 0 Å². The van der Waals surface area contributed by atoms with Crippen molar-refractivity contribution in [1.82, 2.24) is 0 Å². The Labute approximate surface area is 74.7 Å². The average molecular weight is 258 g/mol. The molecule has 2 heteroatoms. The van der Waals surface area contributed by atoms with Gasteiger partial charge in [-0.25, -0.2) is 0 Å². The summed E-state index contributed by atoms with van der Waals surface area (Å²) in [6.07, 6.45) is 6.68. The summed E-state index contributed by atoms with van der Waals surface area (Å²) in [7, 11) is 0. The molecule has 0 radical (unpaired) electrons. The summed E-state index contributed by atoms with van der Waals surface area (Å²) in [5, 5.41) is 0. The van der Waals surface area contributed by atoms with Gasteiger partial charge in [-0.1, -0.05) is 64.5 Å². The smallest absolute Gasteiger partial charge is 0.0697 e. The van der Waals surface area contributed by atoms with Gasteiger partial charge in [0.1, 0.15) is 0 Å². The van der Waals surface area contributed by atoms with E-state index >= 15 is 0 Å². The van der Waals surface area contributed by atoms with Crippen molar-refractivity contribution in [2.24, 2.45) is 0 Å². The average Bonchev–Trinajstić information content (AvgIpc) is 1.80. The van der Waals surface area contributed by atoms with Gasteiger partial charge in [-0.15, -0.1) is 0 Å². The van der Waals surface area contributed by atoms with Gasteiger partial charge in [0.05, 0.1) is 3.74 Å². The maximum Gasteiger partial charge on any atom is 0.0697 e. The van der Waals surface area contributed by atoms with E-state index in [1.807, 2.05) is 0 Å². The lowest BCUT2D eigenvalue weighted by atomic mass is 10.2. The van der Waals surface area contributed by atoms with Crippen LogP contribution < -0.4 is 0 Å². The third-order valence-electron chi connectivity index (χ3n) is 1.28. The quantitative estimate of drug-likeness (QED) is 0.515. The third kappa shape index (κ3) is 8.96. The molecular weight excluding hydrogens is 244 g/mol. The van der Waals surface area contributed by atoms with Gasteiger partial charge in [-0.2, -0.15) is 0 Å². The van der Waals surface area contributed by atoms with E-state index in [2.05, 4.69) is 38.8 Å². The van der Waals surface area contributed by atoms with Crippen molar-refractivity contribution >= 4 is 31.9 Å². The zero-order valence-corrected chi connectivity index (χ0v) is 9.04. The highest BCUT2D eigenvalue weighted by Crippen LogP contribution is 2.16. The third-order valence-corrected chi connectivity index (χ3v) is 2.19. The Balaban J connectivity index is 2.75. The molecule has 0 unspecified atom stereocenters. The Bertz CT molecular complexity index is 52.9. The lowest BCUT2D eigenvalue weighted by Gasteiger charge is -1.99. The van der Waals surface area contributed by atoms with Crippen LogP contribution in [0.5, 0.6) is 0 Å². The Hall–Kier alpha value is 0.960. The van der Waals surface area contributed by atoms with Gasteiger partial charge in [-0.05, 0) is 6.42 Å². The number of hydrogen-bond donors (Lipinski definition) is 0. The Kier molecular flexibility index (Phi) is 7.83. The van der Waals surface area contributed by atoms with Crippen molar-refractivity contribution < 1.29 is 0 Å². The molecule has 9 heavy (non-hydrogen) atoms. The highest BCUT2D eigenvalue weighted by molar-refractivity contribution is 9.24. The van der Waals surface area contributed by atoms with Crippen LogP contribution in [0.4, 0.5) is 0 Å². The molecule has 0 heterocycles. The van der Waals surface area contributed by atoms with Crippen LogP contribution >= 0.6 is 31.9 Å². The minimum Gasteiger partial charge on any atom is -0.0765 e. The topological polar surface area (TPSA) is 0 Å². The number of alkyl halides is 2. The molecule has 0 aliphatic heterocycles. The summed E-state index contributed by atoms with van der Waals surface area (Å²) >= 11 is 6.89. The second-order valence-corrected chi connectivity index (χ2v) is 5.68. The van der Waals surface area contributed by atoms with Gasteiger partial charge in [0, 0.05) is 0 Å². The van der Waals surface area contributed by atoms with E-state index in [0.29, 0.717) is 3.74 Å². The van der Waals surface area contributed by atoms with Crippen LogP contribution in [0.3, 0.4) is 0 Å². The predicted octanol–water partition coefficient (Wildman–Crippen LogP) is 4.07. The van der Waals surface area contributed by atoms with E-state index in [1.165, 1.54) is 32.1 Å². The fourth-order valence-electron chi connectivity index (χ4n) is 0.725. The first-order valence-electron chi connectivity index (χ1n) is 3.55. The first-order chi connectivity index (χ1) is 4.27. The molecule has 0 rings (SSSR count). The molecule has 0 N–H and O–H groups in total. The molecule has 0 saturated heterocycles. The Morgan fingerprint density at radius 2 is 1.78 bits per heavy atom. The summed E-state index contributed by atoms with van der Waals surface area (Å²) in [5.41, 5.74) is 0. The number of halogens is 2. The molecule has 0 saturated carbocycles. The van der Waals surface area contributed by atoms with Crippen LogP contribution in [0.15, 0.2) is 0 Å². The standard InChI is InChI=1S/C7H14Br2/c1-2-3-4-5-6-7(8)9/h7H,2-6H2,1H3. The second kappa shape index (κ2) is 7.07. The molecule has 0 aromatic rings. The number of hydrogen-bond acceptors (Lipinski definition) is 0. The van der Waals surface area contributed by atoms with Crippen LogP contribution in [-0.2, 0) is 0 Å². The first-order valence-corrected chi connectivity index (χ1v) is 5.38. The Morgan fingerprint density at radius 3 is 2.22 bits per heavy atom. The van der Waals surface area contributed by atoms with Crippen molar-refractivity contribution in [3.05, 3.63) is 0 Å². The molecule has 0 aliphatic rings. The van der Waals surface area contributed by atoms with Crippen molar-refractivity contribution in [3.8, 4) is 0 Å². The maximum absolute atomic E-state index is 3.44. The lowest BCUT2D eigenvalue weighted by Crippen LogP contribution is -1.84. The van der Waals surface area contributed by atoms with Crippen molar-refractivity contribution in [2.75, 3.05) is 0 Å². The summed E-state index contributed by atoms with van der Waals surface area (Å²) in [4.78, 5) is 0. The van der Waals surface area contributed by atoms with Gasteiger partial charge in [0.15, 0.2) is 0 Å². The zero-order chi connectivity index (χ0) is 7.11. The van der Waals surface area contributed by atoms with Gasteiger partial charge in [0.2, 0.25) is 0 Å². The molecule has 0 nitrogen and oxygen atoms in total. The zero-order valence-electron chi connectivity index (χ0n) is 5.87. The van der Waals surface area contributed by atoms with Gasteiger partial charge >= 0.3 is 0 Å². The first kappa shape index (κ1) is 9.96. The van der Waals surface area contributed by atoms with Crippen LogP contribution in [0.1, 0.15) is 39.0 Å². The van der Waals surface area contributed by atoms with Gasteiger partial charge < -0.3 is 0 Å². The molecule has 0 amide bonds. The lowest BCUT2D eigenvalue weighted by molar-refractivity contribution is 0.656. The minimum absolute atomic E-state index is 0.529. The minimum atomic E-state index is 0.529. The van der Waals surface area contributed by atoms with Gasteiger partial charge in [-0.3, -0.25) is 0 Å². The molecule has 0 aromatic heterocycles. The molecule has 0 bridgehead atoms. The van der Waals surface area contributed by atoms with E-state index in [-0.39, 0.29) is 0 Å². The molecule has 56 valence electrons. The SMILES string of the molecule is CCCCCCC(Br)Br. The van der Waals surface area contributed by atoms with E-state index in [0.717, 1.165) is 0 Å². The van der Waals surface area contributed by atoms with E-state index in [9.17, 15) is 0 Å². The monoisotopic (exact) mass is 256 g/mol. The molecule has 0 spiro atoms. The molecular formula is C7H14Br2. The number of rotatable bonds is 5.